The first-order valence-electron chi connectivity index (χ1n) is 6.64. The van der Waals surface area contributed by atoms with E-state index in [0.29, 0.717) is 13.1 Å². The van der Waals surface area contributed by atoms with Gasteiger partial charge in [-0.05, 0) is 31.0 Å². The fraction of sp³-hybridized carbons (Fsp3) is 0.533. The maximum Gasteiger partial charge on any atom is 0.229 e. The van der Waals surface area contributed by atoms with Crippen molar-refractivity contribution in [3.05, 3.63) is 29.3 Å². The van der Waals surface area contributed by atoms with E-state index in [2.05, 4.69) is 6.07 Å². The summed E-state index contributed by atoms with van der Waals surface area (Å²) in [5.74, 6) is 1.05. The molecular formula is C15H22N2O2. The Morgan fingerprint density at radius 1 is 1.47 bits per heavy atom. The molecule has 1 amide bonds. The predicted molar refractivity (Wildman–Crippen MR) is 75.0 cm³/mol. The summed E-state index contributed by atoms with van der Waals surface area (Å²) in [6, 6.07) is 6.13. The number of nitrogens with zero attached hydrogens (tertiary/aromatic N) is 1. The van der Waals surface area contributed by atoms with Gasteiger partial charge in [-0.1, -0.05) is 12.1 Å². The lowest BCUT2D eigenvalue weighted by Crippen LogP contribution is -2.42. The first-order valence-corrected chi connectivity index (χ1v) is 6.64. The van der Waals surface area contributed by atoms with Crippen molar-refractivity contribution in [1.29, 1.82) is 0 Å². The number of rotatable bonds is 4. The molecule has 0 unspecified atom stereocenters. The molecule has 4 nitrogen and oxygen atoms in total. The second-order valence-corrected chi connectivity index (χ2v) is 5.79. The topological polar surface area (TPSA) is 55.6 Å². The fourth-order valence-electron chi connectivity index (χ4n) is 2.29. The van der Waals surface area contributed by atoms with E-state index in [-0.39, 0.29) is 5.91 Å². The van der Waals surface area contributed by atoms with E-state index in [0.717, 1.165) is 24.3 Å². The molecule has 0 saturated carbocycles. The van der Waals surface area contributed by atoms with Gasteiger partial charge in [-0.3, -0.25) is 4.79 Å². The molecule has 4 heteroatoms. The van der Waals surface area contributed by atoms with Crippen molar-refractivity contribution in [2.24, 2.45) is 11.1 Å². The zero-order valence-electron chi connectivity index (χ0n) is 11.9. The van der Waals surface area contributed by atoms with Crippen LogP contribution in [0.3, 0.4) is 0 Å². The van der Waals surface area contributed by atoms with E-state index in [1.54, 1.807) is 4.90 Å². The van der Waals surface area contributed by atoms with Gasteiger partial charge in [-0.25, -0.2) is 0 Å². The Balaban J connectivity index is 2.07. The second-order valence-electron chi connectivity index (χ2n) is 5.79. The molecule has 1 aromatic carbocycles. The molecule has 1 heterocycles. The zero-order valence-corrected chi connectivity index (χ0v) is 11.9. The molecule has 0 aromatic heterocycles. The molecule has 0 bridgehead atoms. The average molecular weight is 262 g/mol. The molecular weight excluding hydrogens is 240 g/mol. The van der Waals surface area contributed by atoms with Crippen LogP contribution in [0, 0.1) is 5.41 Å². The summed E-state index contributed by atoms with van der Waals surface area (Å²) in [6.45, 7) is 5.47. The van der Waals surface area contributed by atoms with E-state index in [1.165, 1.54) is 5.56 Å². The van der Waals surface area contributed by atoms with E-state index in [1.807, 2.05) is 33.0 Å². The summed E-state index contributed by atoms with van der Waals surface area (Å²) in [6.07, 6.45) is 0.953. The molecule has 1 aromatic rings. The van der Waals surface area contributed by atoms with Crippen LogP contribution in [-0.2, 0) is 17.8 Å². The molecule has 2 N–H and O–H groups in total. The molecule has 104 valence electrons. The van der Waals surface area contributed by atoms with Gasteiger partial charge in [0.15, 0.2) is 0 Å². The number of nitrogens with two attached hydrogens (primary N) is 1. The van der Waals surface area contributed by atoms with Gasteiger partial charge < -0.3 is 15.4 Å². The number of hydrogen-bond acceptors (Lipinski definition) is 3. The van der Waals surface area contributed by atoms with E-state index < -0.39 is 5.41 Å². The summed E-state index contributed by atoms with van der Waals surface area (Å²) >= 11 is 0. The molecule has 0 fully saturated rings. The Kier molecular flexibility index (Phi) is 3.80. The molecule has 0 spiro atoms. The maximum absolute atomic E-state index is 12.3. The third-order valence-corrected chi connectivity index (χ3v) is 3.61. The fourth-order valence-corrected chi connectivity index (χ4v) is 2.29. The van der Waals surface area contributed by atoms with Crippen molar-refractivity contribution >= 4 is 5.91 Å². The summed E-state index contributed by atoms with van der Waals surface area (Å²) < 4.78 is 5.48. The van der Waals surface area contributed by atoms with Crippen LogP contribution in [0.4, 0.5) is 0 Å². The van der Waals surface area contributed by atoms with Gasteiger partial charge in [0.05, 0.1) is 12.0 Å². The van der Waals surface area contributed by atoms with Crippen molar-refractivity contribution in [2.45, 2.75) is 26.8 Å². The molecule has 0 atom stereocenters. The van der Waals surface area contributed by atoms with Crippen molar-refractivity contribution in [3.63, 3.8) is 0 Å². The van der Waals surface area contributed by atoms with Crippen LogP contribution >= 0.6 is 0 Å². The highest BCUT2D eigenvalue weighted by atomic mass is 16.5. The largest absolute Gasteiger partial charge is 0.493 e. The number of carbonyl (C=O) groups is 1. The Hall–Kier alpha value is -1.55. The first-order chi connectivity index (χ1) is 8.94. The Labute approximate surface area is 114 Å². The average Bonchev–Trinajstić information content (AvgIpc) is 2.85. The third-order valence-electron chi connectivity index (χ3n) is 3.61. The van der Waals surface area contributed by atoms with Crippen LogP contribution in [0.1, 0.15) is 25.0 Å². The summed E-state index contributed by atoms with van der Waals surface area (Å²) in [4.78, 5) is 14.0. The Bertz CT molecular complexity index is 483. The van der Waals surface area contributed by atoms with Crippen molar-refractivity contribution in [2.75, 3.05) is 20.2 Å². The van der Waals surface area contributed by atoms with Gasteiger partial charge in [0, 0.05) is 26.6 Å². The highest BCUT2D eigenvalue weighted by Gasteiger charge is 2.28. The zero-order chi connectivity index (χ0) is 14.0. The highest BCUT2D eigenvalue weighted by molar-refractivity contribution is 5.82. The Morgan fingerprint density at radius 3 is 2.89 bits per heavy atom. The molecule has 19 heavy (non-hydrogen) atoms. The summed E-state index contributed by atoms with van der Waals surface area (Å²) in [7, 11) is 1.82. The minimum absolute atomic E-state index is 0.0757. The molecule has 1 aliphatic rings. The van der Waals surface area contributed by atoms with Crippen LogP contribution in [-0.4, -0.2) is 31.0 Å². The minimum atomic E-state index is -0.505. The molecule has 2 rings (SSSR count). The third kappa shape index (κ3) is 2.89. The summed E-state index contributed by atoms with van der Waals surface area (Å²) in [5, 5.41) is 0. The van der Waals surface area contributed by atoms with Gasteiger partial charge in [0.2, 0.25) is 5.91 Å². The number of benzene rings is 1. The monoisotopic (exact) mass is 262 g/mol. The molecule has 1 aliphatic heterocycles. The van der Waals surface area contributed by atoms with Crippen molar-refractivity contribution in [3.8, 4) is 5.75 Å². The predicted octanol–water partition coefficient (Wildman–Crippen LogP) is 1.56. The highest BCUT2D eigenvalue weighted by Crippen LogP contribution is 2.26. The van der Waals surface area contributed by atoms with Gasteiger partial charge in [-0.2, -0.15) is 0 Å². The smallest absolute Gasteiger partial charge is 0.229 e. The number of hydrogen-bond donors (Lipinski definition) is 1. The number of ether oxygens (including phenoxy) is 1. The Morgan fingerprint density at radius 2 is 2.21 bits per heavy atom. The van der Waals surface area contributed by atoms with E-state index >= 15 is 0 Å². The number of amides is 1. The van der Waals surface area contributed by atoms with Gasteiger partial charge >= 0.3 is 0 Å². The number of fused-ring (bicyclic) bond motifs is 1. The van der Waals surface area contributed by atoms with Crippen LogP contribution in [0.15, 0.2) is 18.2 Å². The lowest BCUT2D eigenvalue weighted by molar-refractivity contribution is -0.139. The standard InChI is InChI=1S/C15H22N2O2/c1-15(2,10-16)14(18)17(3)9-11-4-5-13-12(8-11)6-7-19-13/h4-5,8H,6-7,9-10,16H2,1-3H3. The number of carbonyl (C=O) groups excluding carboxylic acids is 1. The maximum atomic E-state index is 12.3. The quantitative estimate of drug-likeness (QED) is 0.896. The molecule has 0 aliphatic carbocycles. The SMILES string of the molecule is CN(Cc1ccc2c(c1)CCO2)C(=O)C(C)(C)CN. The van der Waals surface area contributed by atoms with Gasteiger partial charge in [0.1, 0.15) is 5.75 Å². The van der Waals surface area contributed by atoms with Gasteiger partial charge in [-0.15, -0.1) is 0 Å². The second kappa shape index (κ2) is 5.21. The normalized spacial score (nSPS) is 13.9. The van der Waals surface area contributed by atoms with Crippen LogP contribution in [0.2, 0.25) is 0 Å². The molecule has 0 radical (unpaired) electrons. The van der Waals surface area contributed by atoms with E-state index in [4.69, 9.17) is 10.5 Å². The van der Waals surface area contributed by atoms with E-state index in [9.17, 15) is 4.79 Å². The lowest BCUT2D eigenvalue weighted by atomic mass is 9.92. The van der Waals surface area contributed by atoms with Gasteiger partial charge in [0.25, 0.3) is 0 Å². The molecule has 0 saturated heterocycles. The van der Waals surface area contributed by atoms with Crippen LogP contribution < -0.4 is 10.5 Å². The van der Waals surface area contributed by atoms with Crippen LogP contribution in [0.25, 0.3) is 0 Å². The minimum Gasteiger partial charge on any atom is -0.493 e. The van der Waals surface area contributed by atoms with Crippen molar-refractivity contribution in [1.82, 2.24) is 4.90 Å². The van der Waals surface area contributed by atoms with Crippen molar-refractivity contribution < 1.29 is 9.53 Å². The summed E-state index contributed by atoms with van der Waals surface area (Å²) in [5.41, 5.74) is 7.51. The first kappa shape index (κ1) is 13.9. The van der Waals surface area contributed by atoms with Crippen LogP contribution in [0.5, 0.6) is 5.75 Å². The lowest BCUT2D eigenvalue weighted by Gasteiger charge is -2.28.